The van der Waals surface area contributed by atoms with E-state index in [2.05, 4.69) is 36.6 Å². The van der Waals surface area contributed by atoms with Crippen LogP contribution in [-0.4, -0.2) is 34.4 Å². The highest BCUT2D eigenvalue weighted by Crippen LogP contribution is 2.38. The van der Waals surface area contributed by atoms with Gasteiger partial charge in [0.2, 0.25) is 5.95 Å². The number of aromatic nitrogens is 3. The van der Waals surface area contributed by atoms with Crippen LogP contribution in [0.3, 0.4) is 0 Å². The number of benzene rings is 3. The van der Waals surface area contributed by atoms with Crippen LogP contribution in [0.5, 0.6) is 11.5 Å². The van der Waals surface area contributed by atoms with E-state index < -0.39 is 6.04 Å². The quantitative estimate of drug-likeness (QED) is 0.323. The Bertz CT molecular complexity index is 1520. The lowest BCUT2D eigenvalue weighted by Gasteiger charge is -2.29. The molecule has 1 aliphatic heterocycles. The Morgan fingerprint density at radius 3 is 2.50 bits per heavy atom. The van der Waals surface area contributed by atoms with Crippen molar-refractivity contribution in [2.45, 2.75) is 33.7 Å². The van der Waals surface area contributed by atoms with Crippen LogP contribution in [0.1, 0.15) is 36.6 Å². The minimum absolute atomic E-state index is 0.257. The molecule has 38 heavy (non-hydrogen) atoms. The van der Waals surface area contributed by atoms with Gasteiger partial charge < -0.3 is 20.1 Å². The van der Waals surface area contributed by atoms with Gasteiger partial charge in [-0.05, 0) is 74.7 Å². The van der Waals surface area contributed by atoms with Crippen molar-refractivity contribution < 1.29 is 14.3 Å². The van der Waals surface area contributed by atoms with Gasteiger partial charge in [0.25, 0.3) is 5.91 Å². The van der Waals surface area contributed by atoms with Gasteiger partial charge in [-0.3, -0.25) is 4.79 Å². The van der Waals surface area contributed by atoms with Gasteiger partial charge in [-0.2, -0.15) is 4.98 Å². The van der Waals surface area contributed by atoms with E-state index in [1.54, 1.807) is 11.8 Å². The van der Waals surface area contributed by atoms with Gasteiger partial charge in [-0.1, -0.05) is 36.4 Å². The fourth-order valence-electron chi connectivity index (χ4n) is 4.61. The van der Waals surface area contributed by atoms with E-state index in [9.17, 15) is 4.79 Å². The molecule has 0 bridgehead atoms. The molecule has 0 saturated heterocycles. The molecule has 2 heterocycles. The molecule has 8 nitrogen and oxygen atoms in total. The third kappa shape index (κ3) is 4.72. The summed E-state index contributed by atoms with van der Waals surface area (Å²) in [5, 5.41) is 11.2. The van der Waals surface area contributed by atoms with E-state index in [1.165, 1.54) is 5.56 Å². The summed E-state index contributed by atoms with van der Waals surface area (Å²) in [6.45, 7) is 8.55. The Morgan fingerprint density at radius 2 is 1.79 bits per heavy atom. The topological polar surface area (TPSA) is 90.3 Å². The maximum absolute atomic E-state index is 13.8. The van der Waals surface area contributed by atoms with E-state index >= 15 is 0 Å². The molecule has 5 rings (SSSR count). The molecule has 2 N–H and O–H groups in total. The maximum atomic E-state index is 13.8. The maximum Gasteiger partial charge on any atom is 0.255 e. The second-order valence-corrected chi connectivity index (χ2v) is 9.23. The summed E-state index contributed by atoms with van der Waals surface area (Å²) >= 11 is 0. The Kier molecular flexibility index (Phi) is 6.87. The molecular formula is C30H31N5O3. The molecule has 0 fully saturated rings. The zero-order valence-electron chi connectivity index (χ0n) is 22.2. The first kappa shape index (κ1) is 25.1. The Hall–Kier alpha value is -4.59. The molecule has 1 aromatic heterocycles. The van der Waals surface area contributed by atoms with Crippen LogP contribution in [0.25, 0.3) is 11.4 Å². The van der Waals surface area contributed by atoms with E-state index in [0.29, 0.717) is 41.1 Å². The van der Waals surface area contributed by atoms with Crippen LogP contribution >= 0.6 is 0 Å². The van der Waals surface area contributed by atoms with Crippen LogP contribution < -0.4 is 20.1 Å². The summed E-state index contributed by atoms with van der Waals surface area (Å²) in [5.41, 5.74) is 5.99. The highest BCUT2D eigenvalue weighted by atomic mass is 16.5. The summed E-state index contributed by atoms with van der Waals surface area (Å²) in [5.74, 6) is 2.25. The smallest absolute Gasteiger partial charge is 0.255 e. The number of carbonyl (C=O) groups excluding carboxylic acids is 1. The van der Waals surface area contributed by atoms with Gasteiger partial charge in [-0.25, -0.2) is 4.68 Å². The number of ether oxygens (including phenoxy) is 2. The molecule has 0 aliphatic carbocycles. The van der Waals surface area contributed by atoms with Crippen LogP contribution in [0, 0.1) is 13.8 Å². The van der Waals surface area contributed by atoms with E-state index in [-0.39, 0.29) is 5.91 Å². The van der Waals surface area contributed by atoms with Gasteiger partial charge in [-0.15, -0.1) is 5.10 Å². The number of methoxy groups -OCH3 is 1. The molecular weight excluding hydrogens is 478 g/mol. The highest BCUT2D eigenvalue weighted by Gasteiger charge is 2.35. The van der Waals surface area contributed by atoms with Crippen molar-refractivity contribution in [2.24, 2.45) is 0 Å². The van der Waals surface area contributed by atoms with Gasteiger partial charge >= 0.3 is 0 Å². The SMILES string of the molecule is CCOc1ccc(C2C(C(=O)Nc3ccccc3OC)=C(C)Nc3nc(-c4ccc(C)c(C)c4)nn32)cc1. The molecule has 3 aromatic carbocycles. The molecule has 194 valence electrons. The van der Waals surface area contributed by atoms with Crippen LogP contribution in [0.15, 0.2) is 78.0 Å². The fraction of sp³-hybridized carbons (Fsp3) is 0.233. The first-order valence-corrected chi connectivity index (χ1v) is 12.6. The number of hydrogen-bond donors (Lipinski definition) is 2. The minimum Gasteiger partial charge on any atom is -0.495 e. The number of aryl methyl sites for hydroxylation is 2. The van der Waals surface area contributed by atoms with Gasteiger partial charge in [0.1, 0.15) is 17.5 Å². The van der Waals surface area contributed by atoms with Crippen molar-refractivity contribution in [2.75, 3.05) is 24.4 Å². The minimum atomic E-state index is -0.510. The molecule has 0 radical (unpaired) electrons. The van der Waals surface area contributed by atoms with E-state index in [1.807, 2.05) is 68.4 Å². The van der Waals surface area contributed by atoms with Gasteiger partial charge in [0, 0.05) is 11.3 Å². The predicted molar refractivity (Wildman–Crippen MR) is 149 cm³/mol. The molecule has 1 amide bonds. The lowest BCUT2D eigenvalue weighted by molar-refractivity contribution is -0.113. The standard InChI is InChI=1S/C30H31N5O3/c1-6-38-23-15-13-21(14-16-23)27-26(29(36)32-24-9-7-8-10-25(24)37-5)20(4)31-30-33-28(34-35(27)30)22-12-11-18(2)19(3)17-22/h7-17,27H,6H2,1-5H3,(H,32,36)(H,31,33,34). The lowest BCUT2D eigenvalue weighted by Crippen LogP contribution is -2.31. The number of fused-ring (bicyclic) bond motifs is 1. The average Bonchev–Trinajstić information content (AvgIpc) is 3.34. The van der Waals surface area contributed by atoms with E-state index in [0.717, 1.165) is 22.4 Å². The summed E-state index contributed by atoms with van der Waals surface area (Å²) in [7, 11) is 1.58. The number of rotatable bonds is 7. The van der Waals surface area contributed by atoms with Crippen LogP contribution in [0.2, 0.25) is 0 Å². The Morgan fingerprint density at radius 1 is 1.03 bits per heavy atom. The zero-order chi connectivity index (χ0) is 26.8. The summed E-state index contributed by atoms with van der Waals surface area (Å²) < 4.78 is 12.9. The Balaban J connectivity index is 1.59. The Labute approximate surface area is 222 Å². The first-order valence-electron chi connectivity index (χ1n) is 12.6. The van der Waals surface area contributed by atoms with Crippen molar-refractivity contribution >= 4 is 17.5 Å². The van der Waals surface area contributed by atoms with Crippen molar-refractivity contribution in [3.8, 4) is 22.9 Å². The third-order valence-electron chi connectivity index (χ3n) is 6.72. The van der Waals surface area contributed by atoms with Crippen molar-refractivity contribution in [3.05, 3.63) is 94.7 Å². The summed E-state index contributed by atoms with van der Waals surface area (Å²) in [4.78, 5) is 18.6. The average molecular weight is 510 g/mol. The molecule has 1 atom stereocenters. The lowest BCUT2D eigenvalue weighted by atomic mass is 9.95. The number of amides is 1. The number of nitrogens with one attached hydrogen (secondary N) is 2. The van der Waals surface area contributed by atoms with Crippen molar-refractivity contribution in [3.63, 3.8) is 0 Å². The number of nitrogens with zero attached hydrogens (tertiary/aromatic N) is 3. The van der Waals surface area contributed by atoms with Crippen LogP contribution in [0.4, 0.5) is 11.6 Å². The largest absolute Gasteiger partial charge is 0.495 e. The molecule has 0 saturated carbocycles. The van der Waals surface area contributed by atoms with Gasteiger partial charge in [0.05, 0.1) is 25.0 Å². The number of allylic oxidation sites excluding steroid dienone is 1. The summed E-state index contributed by atoms with van der Waals surface area (Å²) in [6, 6.07) is 20.7. The van der Waals surface area contributed by atoms with Crippen molar-refractivity contribution in [1.82, 2.24) is 14.8 Å². The number of hydrogen-bond acceptors (Lipinski definition) is 6. The molecule has 1 aliphatic rings. The normalized spacial score (nSPS) is 14.5. The summed E-state index contributed by atoms with van der Waals surface area (Å²) in [6.07, 6.45) is 0. The van der Waals surface area contributed by atoms with Crippen molar-refractivity contribution in [1.29, 1.82) is 0 Å². The highest BCUT2D eigenvalue weighted by molar-refractivity contribution is 6.06. The monoisotopic (exact) mass is 509 g/mol. The molecule has 1 unspecified atom stereocenters. The van der Waals surface area contributed by atoms with Crippen LogP contribution in [-0.2, 0) is 4.79 Å². The first-order chi connectivity index (χ1) is 18.4. The molecule has 4 aromatic rings. The third-order valence-corrected chi connectivity index (χ3v) is 6.72. The predicted octanol–water partition coefficient (Wildman–Crippen LogP) is 5.90. The number of para-hydroxylation sites is 2. The van der Waals surface area contributed by atoms with E-state index in [4.69, 9.17) is 19.6 Å². The van der Waals surface area contributed by atoms with Gasteiger partial charge in [0.15, 0.2) is 5.82 Å². The number of carbonyl (C=O) groups is 1. The number of anilines is 2. The fourth-order valence-corrected chi connectivity index (χ4v) is 4.61. The second kappa shape index (κ2) is 10.4. The zero-order valence-corrected chi connectivity index (χ0v) is 22.2. The second-order valence-electron chi connectivity index (χ2n) is 9.23. The molecule has 0 spiro atoms. The molecule has 8 heteroatoms.